The summed E-state index contributed by atoms with van der Waals surface area (Å²) in [6, 6.07) is 6.10. The molecule has 0 spiro atoms. The molecule has 2 heteroatoms. The third kappa shape index (κ3) is 2.96. The van der Waals surface area contributed by atoms with Crippen LogP contribution in [0, 0.1) is 6.92 Å². The van der Waals surface area contributed by atoms with Crippen LogP contribution in [0.25, 0.3) is 0 Å². The van der Waals surface area contributed by atoms with E-state index in [1.54, 1.807) is 0 Å². The van der Waals surface area contributed by atoms with Gasteiger partial charge in [0.25, 0.3) is 0 Å². The normalized spacial score (nSPS) is 10.3. The molecular formula is C11H17NS. The van der Waals surface area contributed by atoms with Crippen LogP contribution in [0.2, 0.25) is 0 Å². The second-order valence-corrected chi connectivity index (χ2v) is 4.30. The van der Waals surface area contributed by atoms with Gasteiger partial charge in [-0.2, -0.15) is 0 Å². The first-order valence-electron chi connectivity index (χ1n) is 4.73. The first-order chi connectivity index (χ1) is 6.25. The molecule has 1 aromatic carbocycles. The molecule has 0 atom stereocenters. The van der Waals surface area contributed by atoms with Crippen LogP contribution in [0.3, 0.4) is 0 Å². The fourth-order valence-corrected chi connectivity index (χ4v) is 2.36. The number of hydrogen-bond donors (Lipinski definition) is 1. The molecule has 0 aromatic heterocycles. The molecule has 0 bridgehead atoms. The van der Waals surface area contributed by atoms with Crippen molar-refractivity contribution in [2.75, 3.05) is 11.5 Å². The monoisotopic (exact) mass is 195 g/mol. The molecule has 1 rings (SSSR count). The number of nitrogen functional groups attached to an aromatic ring is 1. The maximum atomic E-state index is 5.88. The molecule has 0 saturated carbocycles. The summed E-state index contributed by atoms with van der Waals surface area (Å²) >= 11 is 1.87. The van der Waals surface area contributed by atoms with Gasteiger partial charge in [-0.05, 0) is 30.7 Å². The van der Waals surface area contributed by atoms with Gasteiger partial charge in [0.1, 0.15) is 0 Å². The first-order valence-corrected chi connectivity index (χ1v) is 5.72. The van der Waals surface area contributed by atoms with E-state index in [4.69, 9.17) is 5.73 Å². The minimum Gasteiger partial charge on any atom is -0.398 e. The number of rotatable bonds is 4. The summed E-state index contributed by atoms with van der Waals surface area (Å²) in [6.45, 7) is 4.33. The molecule has 0 unspecified atom stereocenters. The summed E-state index contributed by atoms with van der Waals surface area (Å²) in [5, 5.41) is 0. The largest absolute Gasteiger partial charge is 0.398 e. The molecular weight excluding hydrogens is 178 g/mol. The van der Waals surface area contributed by atoms with Crippen LogP contribution in [0.4, 0.5) is 5.69 Å². The fourth-order valence-electron chi connectivity index (χ4n) is 1.19. The first kappa shape index (κ1) is 10.5. The average molecular weight is 195 g/mol. The Balaban J connectivity index is 2.64. The summed E-state index contributed by atoms with van der Waals surface area (Å²) < 4.78 is 0. The van der Waals surface area contributed by atoms with E-state index in [0.29, 0.717) is 0 Å². The smallest absolute Gasteiger partial charge is 0.0454 e. The molecule has 0 heterocycles. The van der Waals surface area contributed by atoms with Gasteiger partial charge < -0.3 is 5.73 Å². The number of benzene rings is 1. The third-order valence-electron chi connectivity index (χ3n) is 1.99. The Hall–Kier alpha value is -0.630. The van der Waals surface area contributed by atoms with Crippen molar-refractivity contribution in [1.29, 1.82) is 0 Å². The molecule has 0 saturated heterocycles. The SMILES string of the molecule is CCCCSc1c(C)cccc1N. The van der Waals surface area contributed by atoms with Gasteiger partial charge in [0.15, 0.2) is 0 Å². The lowest BCUT2D eigenvalue weighted by atomic mass is 10.2. The number of nitrogens with two attached hydrogens (primary N) is 1. The van der Waals surface area contributed by atoms with E-state index in [9.17, 15) is 0 Å². The number of aryl methyl sites for hydroxylation is 1. The summed E-state index contributed by atoms with van der Waals surface area (Å²) in [5.41, 5.74) is 8.09. The zero-order chi connectivity index (χ0) is 9.68. The Morgan fingerprint density at radius 2 is 2.15 bits per heavy atom. The van der Waals surface area contributed by atoms with Crippen LogP contribution >= 0.6 is 11.8 Å². The van der Waals surface area contributed by atoms with Crippen molar-refractivity contribution in [2.45, 2.75) is 31.6 Å². The van der Waals surface area contributed by atoms with Gasteiger partial charge in [-0.25, -0.2) is 0 Å². The Morgan fingerprint density at radius 1 is 1.38 bits per heavy atom. The van der Waals surface area contributed by atoms with Crippen LogP contribution in [0.15, 0.2) is 23.1 Å². The van der Waals surface area contributed by atoms with Crippen LogP contribution < -0.4 is 5.73 Å². The predicted molar refractivity (Wildman–Crippen MR) is 61.2 cm³/mol. The molecule has 0 aliphatic carbocycles. The van der Waals surface area contributed by atoms with Crippen molar-refractivity contribution >= 4 is 17.4 Å². The van der Waals surface area contributed by atoms with Crippen molar-refractivity contribution in [2.24, 2.45) is 0 Å². The molecule has 72 valence electrons. The number of hydrogen-bond acceptors (Lipinski definition) is 2. The lowest BCUT2D eigenvalue weighted by Gasteiger charge is -2.07. The Labute approximate surface area is 84.7 Å². The molecule has 0 radical (unpaired) electrons. The Kier molecular flexibility index (Phi) is 4.16. The average Bonchev–Trinajstić information content (AvgIpc) is 2.10. The van der Waals surface area contributed by atoms with Gasteiger partial charge in [-0.15, -0.1) is 11.8 Å². The van der Waals surface area contributed by atoms with Gasteiger partial charge in [0, 0.05) is 10.6 Å². The summed E-state index contributed by atoms with van der Waals surface area (Å²) in [5.74, 6) is 1.17. The minimum absolute atomic E-state index is 0.918. The molecule has 0 fully saturated rings. The van der Waals surface area contributed by atoms with Gasteiger partial charge in [-0.1, -0.05) is 25.5 Å². The van der Waals surface area contributed by atoms with Gasteiger partial charge >= 0.3 is 0 Å². The zero-order valence-electron chi connectivity index (χ0n) is 8.34. The standard InChI is InChI=1S/C11H17NS/c1-3-4-8-13-11-9(2)6-5-7-10(11)12/h5-7H,3-4,8,12H2,1-2H3. The summed E-state index contributed by atoms with van der Waals surface area (Å²) in [6.07, 6.45) is 2.51. The highest BCUT2D eigenvalue weighted by Crippen LogP contribution is 2.28. The zero-order valence-corrected chi connectivity index (χ0v) is 9.16. The minimum atomic E-state index is 0.918. The van der Waals surface area contributed by atoms with E-state index in [0.717, 1.165) is 5.69 Å². The molecule has 2 N–H and O–H groups in total. The lowest BCUT2D eigenvalue weighted by Crippen LogP contribution is -1.91. The van der Waals surface area contributed by atoms with Crippen LogP contribution in [0.1, 0.15) is 25.3 Å². The molecule has 0 aliphatic heterocycles. The lowest BCUT2D eigenvalue weighted by molar-refractivity contribution is 0.896. The summed E-state index contributed by atoms with van der Waals surface area (Å²) in [7, 11) is 0. The number of thioether (sulfide) groups is 1. The van der Waals surface area contributed by atoms with Crippen LogP contribution in [-0.2, 0) is 0 Å². The van der Waals surface area contributed by atoms with E-state index >= 15 is 0 Å². The molecule has 13 heavy (non-hydrogen) atoms. The number of unbranched alkanes of at least 4 members (excludes halogenated alkanes) is 1. The maximum Gasteiger partial charge on any atom is 0.0454 e. The summed E-state index contributed by atoms with van der Waals surface area (Å²) in [4.78, 5) is 1.26. The van der Waals surface area contributed by atoms with Crippen LogP contribution in [0.5, 0.6) is 0 Å². The second-order valence-electron chi connectivity index (χ2n) is 3.20. The van der Waals surface area contributed by atoms with E-state index in [1.165, 1.54) is 29.1 Å². The number of anilines is 1. The van der Waals surface area contributed by atoms with Gasteiger partial charge in [-0.3, -0.25) is 0 Å². The molecule has 1 aromatic rings. The van der Waals surface area contributed by atoms with Crippen molar-refractivity contribution in [3.63, 3.8) is 0 Å². The molecule has 1 nitrogen and oxygen atoms in total. The van der Waals surface area contributed by atoms with Gasteiger partial charge in [0.05, 0.1) is 0 Å². The highest BCUT2D eigenvalue weighted by Gasteiger charge is 2.01. The van der Waals surface area contributed by atoms with Crippen molar-refractivity contribution in [1.82, 2.24) is 0 Å². The van der Waals surface area contributed by atoms with E-state index in [1.807, 2.05) is 23.9 Å². The fraction of sp³-hybridized carbons (Fsp3) is 0.455. The highest BCUT2D eigenvalue weighted by atomic mass is 32.2. The molecule has 0 amide bonds. The maximum absolute atomic E-state index is 5.88. The Morgan fingerprint density at radius 3 is 2.77 bits per heavy atom. The van der Waals surface area contributed by atoms with E-state index in [2.05, 4.69) is 19.9 Å². The van der Waals surface area contributed by atoms with Crippen molar-refractivity contribution in [3.8, 4) is 0 Å². The van der Waals surface area contributed by atoms with Crippen molar-refractivity contribution in [3.05, 3.63) is 23.8 Å². The quantitative estimate of drug-likeness (QED) is 0.452. The second kappa shape index (κ2) is 5.18. The highest BCUT2D eigenvalue weighted by molar-refractivity contribution is 7.99. The topological polar surface area (TPSA) is 26.0 Å². The van der Waals surface area contributed by atoms with Crippen molar-refractivity contribution < 1.29 is 0 Å². The molecule has 0 aliphatic rings. The van der Waals surface area contributed by atoms with Gasteiger partial charge in [0.2, 0.25) is 0 Å². The van der Waals surface area contributed by atoms with E-state index < -0.39 is 0 Å². The van der Waals surface area contributed by atoms with Crippen LogP contribution in [-0.4, -0.2) is 5.75 Å². The Bertz CT molecular complexity index is 251. The third-order valence-corrected chi connectivity index (χ3v) is 3.33. The predicted octanol–water partition coefficient (Wildman–Crippen LogP) is 3.47. The van der Waals surface area contributed by atoms with E-state index in [-0.39, 0.29) is 0 Å².